The lowest BCUT2D eigenvalue weighted by Crippen LogP contribution is -2.38. The van der Waals surface area contributed by atoms with Crippen molar-refractivity contribution in [1.82, 2.24) is 20.3 Å². The number of halogens is 2. The lowest BCUT2D eigenvalue weighted by Gasteiger charge is -2.31. The number of ether oxygens (including phenoxy) is 1. The van der Waals surface area contributed by atoms with E-state index in [2.05, 4.69) is 36.3 Å². The summed E-state index contributed by atoms with van der Waals surface area (Å²) in [6.07, 6.45) is 4.94. The van der Waals surface area contributed by atoms with Gasteiger partial charge >= 0.3 is 0 Å². The third-order valence-corrected chi connectivity index (χ3v) is 4.73. The molecule has 0 saturated carbocycles. The summed E-state index contributed by atoms with van der Waals surface area (Å²) in [6.45, 7) is 1.48. The van der Waals surface area contributed by atoms with Crippen molar-refractivity contribution in [2.45, 2.75) is 18.9 Å². The Morgan fingerprint density at radius 3 is 2.92 bits per heavy atom. The maximum atomic E-state index is 13.4. The Hall–Kier alpha value is -2.42. The summed E-state index contributed by atoms with van der Waals surface area (Å²) in [5.74, 6) is 1.21. The maximum Gasteiger partial charge on any atom is 0.266 e. The second kappa shape index (κ2) is 6.83. The minimum absolute atomic E-state index is 0.0228. The molecule has 1 aliphatic rings. The number of aromatic nitrogens is 4. The third-order valence-electron chi connectivity index (χ3n) is 4.07. The zero-order valence-electron chi connectivity index (χ0n) is 13.2. The van der Waals surface area contributed by atoms with Crippen LogP contribution in [0.5, 0.6) is 5.75 Å². The number of anilines is 1. The van der Waals surface area contributed by atoms with Gasteiger partial charge in [-0.2, -0.15) is 10.1 Å². The van der Waals surface area contributed by atoms with Crippen LogP contribution >= 0.6 is 15.9 Å². The first kappa shape index (κ1) is 16.1. The Kier molecular flexibility index (Phi) is 4.39. The molecule has 0 atom stereocenters. The Morgan fingerprint density at radius 1 is 1.32 bits per heavy atom. The zero-order valence-corrected chi connectivity index (χ0v) is 14.7. The van der Waals surface area contributed by atoms with E-state index in [4.69, 9.17) is 9.26 Å². The quantitative estimate of drug-likeness (QED) is 0.713. The van der Waals surface area contributed by atoms with Crippen molar-refractivity contribution >= 4 is 21.9 Å². The summed E-state index contributed by atoms with van der Waals surface area (Å²) >= 11 is 3.39. The maximum absolute atomic E-state index is 13.4. The number of H-pyrrole nitrogens is 1. The van der Waals surface area contributed by atoms with E-state index in [9.17, 15) is 4.39 Å². The van der Waals surface area contributed by atoms with Crippen LogP contribution in [0.15, 0.2) is 39.6 Å². The van der Waals surface area contributed by atoms with Crippen LogP contribution < -0.4 is 9.64 Å². The molecular weight excluding hydrogens is 393 g/mol. The van der Waals surface area contributed by atoms with E-state index in [0.717, 1.165) is 36.0 Å². The second-order valence-electron chi connectivity index (χ2n) is 5.77. The second-order valence-corrected chi connectivity index (χ2v) is 6.62. The number of piperidine rings is 1. The van der Waals surface area contributed by atoms with Crippen molar-refractivity contribution in [3.05, 3.63) is 40.9 Å². The molecule has 0 spiro atoms. The van der Waals surface area contributed by atoms with E-state index >= 15 is 0 Å². The molecule has 1 N–H and O–H groups in total. The number of benzene rings is 1. The summed E-state index contributed by atoms with van der Waals surface area (Å²) in [5, 5.41) is 10.6. The number of hydrogen-bond acceptors (Lipinski definition) is 6. The fourth-order valence-electron chi connectivity index (χ4n) is 2.75. The number of hydrogen-bond donors (Lipinski definition) is 1. The first-order valence-electron chi connectivity index (χ1n) is 7.88. The predicted octanol–water partition coefficient (Wildman–Crippen LogP) is 3.41. The van der Waals surface area contributed by atoms with Crippen LogP contribution in [0.4, 0.5) is 10.3 Å². The molecule has 25 heavy (non-hydrogen) atoms. The van der Waals surface area contributed by atoms with Crippen LogP contribution in [-0.2, 0) is 0 Å². The molecule has 0 radical (unpaired) electrons. The average Bonchev–Trinajstić information content (AvgIpc) is 3.30. The SMILES string of the molecule is Fc1ccc(Br)c(OC2CCN(c3noc(-c4cn[nH]c4)n3)CC2)c1. The number of aromatic amines is 1. The fraction of sp³-hybridized carbons (Fsp3) is 0.312. The van der Waals surface area contributed by atoms with Gasteiger partial charge in [0.25, 0.3) is 11.8 Å². The van der Waals surface area contributed by atoms with Gasteiger partial charge in [-0.1, -0.05) is 0 Å². The van der Waals surface area contributed by atoms with Gasteiger partial charge in [-0.3, -0.25) is 5.10 Å². The number of rotatable bonds is 4. The van der Waals surface area contributed by atoms with Crippen molar-refractivity contribution < 1.29 is 13.7 Å². The first-order valence-corrected chi connectivity index (χ1v) is 8.68. The summed E-state index contributed by atoms with van der Waals surface area (Å²) < 4.78 is 25.3. The van der Waals surface area contributed by atoms with Gasteiger partial charge in [-0.15, -0.1) is 0 Å². The lowest BCUT2D eigenvalue weighted by molar-refractivity contribution is 0.168. The monoisotopic (exact) mass is 407 g/mol. The Balaban J connectivity index is 1.38. The molecule has 7 nitrogen and oxygen atoms in total. The molecule has 1 saturated heterocycles. The normalized spacial score (nSPS) is 15.5. The largest absolute Gasteiger partial charge is 0.489 e. The minimum atomic E-state index is -0.311. The van der Waals surface area contributed by atoms with Crippen molar-refractivity contribution in [2.24, 2.45) is 0 Å². The lowest BCUT2D eigenvalue weighted by atomic mass is 10.1. The summed E-state index contributed by atoms with van der Waals surface area (Å²) in [7, 11) is 0. The molecule has 3 aromatic rings. The summed E-state index contributed by atoms with van der Waals surface area (Å²) in [4.78, 5) is 6.45. The molecule has 1 fully saturated rings. The highest BCUT2D eigenvalue weighted by atomic mass is 79.9. The van der Waals surface area contributed by atoms with Crippen LogP contribution in [0.2, 0.25) is 0 Å². The summed E-state index contributed by atoms with van der Waals surface area (Å²) in [6, 6.07) is 4.44. The van der Waals surface area contributed by atoms with E-state index in [1.165, 1.54) is 12.1 Å². The van der Waals surface area contributed by atoms with E-state index in [1.807, 2.05) is 4.90 Å². The highest BCUT2D eigenvalue weighted by Crippen LogP contribution is 2.29. The highest BCUT2D eigenvalue weighted by molar-refractivity contribution is 9.10. The van der Waals surface area contributed by atoms with Crippen molar-refractivity contribution in [1.29, 1.82) is 0 Å². The van der Waals surface area contributed by atoms with E-state index < -0.39 is 0 Å². The zero-order chi connectivity index (χ0) is 17.2. The topological polar surface area (TPSA) is 80.1 Å². The summed E-state index contributed by atoms with van der Waals surface area (Å²) in [5.41, 5.74) is 0.757. The molecule has 0 amide bonds. The molecule has 0 aliphatic carbocycles. The van der Waals surface area contributed by atoms with Crippen molar-refractivity contribution in [3.8, 4) is 17.2 Å². The van der Waals surface area contributed by atoms with E-state index in [0.29, 0.717) is 17.6 Å². The molecule has 9 heteroatoms. The van der Waals surface area contributed by atoms with Crippen molar-refractivity contribution in [3.63, 3.8) is 0 Å². The van der Waals surface area contributed by atoms with Crippen molar-refractivity contribution in [2.75, 3.05) is 18.0 Å². The van der Waals surface area contributed by atoms with Gasteiger partial charge in [0.1, 0.15) is 17.7 Å². The number of nitrogens with one attached hydrogen (secondary N) is 1. The fourth-order valence-corrected chi connectivity index (χ4v) is 3.09. The molecule has 1 aliphatic heterocycles. The predicted molar refractivity (Wildman–Crippen MR) is 91.8 cm³/mol. The molecular formula is C16H15BrFN5O2. The van der Waals surface area contributed by atoms with Crippen LogP contribution in [0.3, 0.4) is 0 Å². The minimum Gasteiger partial charge on any atom is -0.489 e. The van der Waals surface area contributed by atoms with Gasteiger partial charge in [-0.05, 0) is 33.2 Å². The molecule has 0 bridgehead atoms. The Labute approximate surface area is 151 Å². The molecule has 0 unspecified atom stereocenters. The van der Waals surface area contributed by atoms with E-state index in [1.54, 1.807) is 18.5 Å². The van der Waals surface area contributed by atoms with Gasteiger partial charge < -0.3 is 14.2 Å². The first-order chi connectivity index (χ1) is 12.2. The van der Waals surface area contributed by atoms with Crippen LogP contribution in [-0.4, -0.2) is 39.5 Å². The standard InChI is InChI=1S/C16H15BrFN5O2/c17-13-2-1-11(18)7-14(13)24-12-3-5-23(6-4-12)16-21-15(25-22-16)10-8-19-20-9-10/h1-2,7-9,12H,3-6H2,(H,19,20). The van der Waals surface area contributed by atoms with Gasteiger partial charge in [0, 0.05) is 38.2 Å². The molecule has 3 heterocycles. The molecule has 2 aromatic heterocycles. The van der Waals surface area contributed by atoms with Gasteiger partial charge in [0.2, 0.25) is 0 Å². The Morgan fingerprint density at radius 2 is 2.16 bits per heavy atom. The van der Waals surface area contributed by atoms with Gasteiger partial charge in [-0.25, -0.2) is 4.39 Å². The molecule has 130 valence electrons. The van der Waals surface area contributed by atoms with Gasteiger partial charge in [0.15, 0.2) is 0 Å². The van der Waals surface area contributed by atoms with Crippen LogP contribution in [0, 0.1) is 5.82 Å². The number of nitrogens with zero attached hydrogens (tertiary/aromatic N) is 4. The smallest absolute Gasteiger partial charge is 0.266 e. The van der Waals surface area contributed by atoms with Gasteiger partial charge in [0.05, 0.1) is 16.2 Å². The molecule has 1 aromatic carbocycles. The average molecular weight is 408 g/mol. The third kappa shape index (κ3) is 3.51. The highest BCUT2D eigenvalue weighted by Gasteiger charge is 2.24. The molecule has 4 rings (SSSR count). The Bertz CT molecular complexity index is 846. The van der Waals surface area contributed by atoms with Crippen LogP contribution in [0.25, 0.3) is 11.5 Å². The van der Waals surface area contributed by atoms with E-state index in [-0.39, 0.29) is 11.9 Å². The van der Waals surface area contributed by atoms with Crippen LogP contribution in [0.1, 0.15) is 12.8 Å².